The molecule has 17 heavy (non-hydrogen) atoms. The average Bonchev–Trinajstić information content (AvgIpc) is 2.32. The first-order chi connectivity index (χ1) is 8.06. The van der Waals surface area contributed by atoms with Crippen LogP contribution in [0.4, 0.5) is 11.4 Å². The quantitative estimate of drug-likeness (QED) is 0.839. The highest BCUT2D eigenvalue weighted by Crippen LogP contribution is 2.25. The van der Waals surface area contributed by atoms with E-state index in [0.717, 1.165) is 0 Å². The molecule has 0 spiro atoms. The molecule has 0 aliphatic carbocycles. The van der Waals surface area contributed by atoms with E-state index in [9.17, 15) is 9.59 Å². The summed E-state index contributed by atoms with van der Waals surface area (Å²) in [6, 6.07) is 4.67. The third kappa shape index (κ3) is 4.42. The summed E-state index contributed by atoms with van der Waals surface area (Å²) in [6.07, 6.45) is 0. The number of carbonyl (C=O) groups is 2. The molecule has 1 aromatic rings. The van der Waals surface area contributed by atoms with Crippen LogP contribution in [0.2, 0.25) is 5.02 Å². The molecule has 0 saturated heterocycles. The van der Waals surface area contributed by atoms with Gasteiger partial charge in [0.2, 0.25) is 11.8 Å². The van der Waals surface area contributed by atoms with E-state index in [1.807, 2.05) is 0 Å². The summed E-state index contributed by atoms with van der Waals surface area (Å²) in [7, 11) is 0. The predicted molar refractivity (Wildman–Crippen MR) is 70.2 cm³/mol. The summed E-state index contributed by atoms with van der Waals surface area (Å²) in [4.78, 5) is 22.1. The van der Waals surface area contributed by atoms with Crippen molar-refractivity contribution < 1.29 is 9.59 Å². The molecule has 0 fully saturated rings. The van der Waals surface area contributed by atoms with Crippen molar-refractivity contribution in [1.82, 2.24) is 0 Å². The fourth-order valence-corrected chi connectivity index (χ4v) is 1.43. The molecule has 2 N–H and O–H groups in total. The molecule has 0 atom stereocenters. The van der Waals surface area contributed by atoms with Gasteiger partial charge in [0.25, 0.3) is 0 Å². The van der Waals surface area contributed by atoms with E-state index in [1.54, 1.807) is 12.1 Å². The lowest BCUT2D eigenvalue weighted by atomic mass is 10.2. The Hall–Kier alpha value is -0.970. The molecule has 92 valence electrons. The third-order valence-corrected chi connectivity index (χ3v) is 2.57. The first-order valence-corrected chi connectivity index (χ1v) is 6.02. The van der Waals surface area contributed by atoms with Gasteiger partial charge in [0.1, 0.15) is 11.8 Å². The Bertz CT molecular complexity index is 438. The highest BCUT2D eigenvalue weighted by molar-refractivity contribution is 6.35. The van der Waals surface area contributed by atoms with Crippen LogP contribution in [0.15, 0.2) is 18.2 Å². The van der Waals surface area contributed by atoms with Crippen molar-refractivity contribution in [2.24, 2.45) is 0 Å². The van der Waals surface area contributed by atoms with Gasteiger partial charge in [0, 0.05) is 5.69 Å². The SMILES string of the molecule is O=C(CCl)Nc1ccc(NC(=O)CCl)c(Cl)c1. The Kier molecular flexibility index (Phi) is 5.55. The molecule has 1 rings (SSSR count). The molecular weight excluding hydrogens is 286 g/mol. The lowest BCUT2D eigenvalue weighted by Gasteiger charge is -2.08. The van der Waals surface area contributed by atoms with Gasteiger partial charge in [0.15, 0.2) is 0 Å². The largest absolute Gasteiger partial charge is 0.325 e. The molecule has 0 radical (unpaired) electrons. The lowest BCUT2D eigenvalue weighted by Crippen LogP contribution is -2.14. The minimum atomic E-state index is -0.355. The molecule has 0 saturated carbocycles. The molecule has 0 heterocycles. The van der Waals surface area contributed by atoms with Gasteiger partial charge in [-0.2, -0.15) is 0 Å². The summed E-state index contributed by atoms with van der Waals surface area (Å²) in [5.74, 6) is -0.977. The average molecular weight is 296 g/mol. The molecule has 0 aromatic heterocycles. The van der Waals surface area contributed by atoms with E-state index in [4.69, 9.17) is 34.8 Å². The van der Waals surface area contributed by atoms with Gasteiger partial charge >= 0.3 is 0 Å². The number of hydrogen-bond acceptors (Lipinski definition) is 2. The van der Waals surface area contributed by atoms with Gasteiger partial charge < -0.3 is 10.6 Å². The van der Waals surface area contributed by atoms with E-state index < -0.39 is 0 Å². The van der Waals surface area contributed by atoms with Gasteiger partial charge in [-0.25, -0.2) is 0 Å². The van der Waals surface area contributed by atoms with Crippen LogP contribution in [-0.4, -0.2) is 23.6 Å². The maximum Gasteiger partial charge on any atom is 0.239 e. The molecule has 2 amide bonds. The molecule has 0 unspecified atom stereocenters. The normalized spacial score (nSPS) is 9.82. The summed E-state index contributed by atoms with van der Waals surface area (Å²) >= 11 is 16.6. The number of hydrogen-bond donors (Lipinski definition) is 2. The van der Waals surface area contributed by atoms with Gasteiger partial charge in [-0.05, 0) is 18.2 Å². The number of halogens is 3. The Morgan fingerprint density at radius 3 is 2.18 bits per heavy atom. The Morgan fingerprint density at radius 1 is 1.06 bits per heavy atom. The monoisotopic (exact) mass is 294 g/mol. The molecule has 7 heteroatoms. The number of carbonyl (C=O) groups excluding carboxylic acids is 2. The van der Waals surface area contributed by atoms with Crippen LogP contribution in [0.5, 0.6) is 0 Å². The standard InChI is InChI=1S/C10H9Cl3N2O2/c11-4-9(16)14-6-1-2-8(7(13)3-6)15-10(17)5-12/h1-3H,4-5H2,(H,14,16)(H,15,17). The third-order valence-electron chi connectivity index (χ3n) is 1.77. The van der Waals surface area contributed by atoms with Gasteiger partial charge in [-0.1, -0.05) is 11.6 Å². The van der Waals surface area contributed by atoms with Crippen LogP contribution >= 0.6 is 34.8 Å². The first kappa shape index (κ1) is 14.1. The lowest BCUT2D eigenvalue weighted by molar-refractivity contribution is -0.114. The van der Waals surface area contributed by atoms with Crippen LogP contribution in [-0.2, 0) is 9.59 Å². The molecule has 0 bridgehead atoms. The Labute approximate surface area is 113 Å². The maximum atomic E-state index is 11.1. The minimum absolute atomic E-state index is 0.137. The second-order valence-electron chi connectivity index (χ2n) is 3.06. The number of amides is 2. The van der Waals surface area contributed by atoms with Crippen molar-refractivity contribution in [3.63, 3.8) is 0 Å². The fraction of sp³-hybridized carbons (Fsp3) is 0.200. The van der Waals surface area contributed by atoms with E-state index >= 15 is 0 Å². The number of anilines is 2. The zero-order valence-corrected chi connectivity index (χ0v) is 10.9. The van der Waals surface area contributed by atoms with E-state index in [0.29, 0.717) is 16.4 Å². The molecular formula is C10H9Cl3N2O2. The van der Waals surface area contributed by atoms with Crippen molar-refractivity contribution in [3.8, 4) is 0 Å². The van der Waals surface area contributed by atoms with E-state index in [1.165, 1.54) is 6.07 Å². The second kappa shape index (κ2) is 6.69. The van der Waals surface area contributed by atoms with Crippen molar-refractivity contribution in [2.75, 3.05) is 22.4 Å². The van der Waals surface area contributed by atoms with Crippen molar-refractivity contribution in [3.05, 3.63) is 23.2 Å². The molecule has 0 aliphatic heterocycles. The van der Waals surface area contributed by atoms with Gasteiger partial charge in [0.05, 0.1) is 10.7 Å². The zero-order valence-electron chi connectivity index (χ0n) is 8.60. The molecule has 4 nitrogen and oxygen atoms in total. The Morgan fingerprint density at radius 2 is 1.65 bits per heavy atom. The Balaban J connectivity index is 2.79. The summed E-state index contributed by atoms with van der Waals surface area (Å²) in [5.41, 5.74) is 0.936. The number of nitrogens with one attached hydrogen (secondary N) is 2. The fourth-order valence-electron chi connectivity index (χ4n) is 1.07. The minimum Gasteiger partial charge on any atom is -0.325 e. The van der Waals surface area contributed by atoms with Crippen molar-refractivity contribution in [1.29, 1.82) is 0 Å². The summed E-state index contributed by atoms with van der Waals surface area (Å²) < 4.78 is 0. The first-order valence-electron chi connectivity index (χ1n) is 4.58. The summed E-state index contributed by atoms with van der Waals surface area (Å²) in [6.45, 7) is 0. The van der Waals surface area contributed by atoms with Crippen molar-refractivity contribution >= 4 is 58.0 Å². The van der Waals surface area contributed by atoms with Gasteiger partial charge in [-0.15, -0.1) is 23.2 Å². The van der Waals surface area contributed by atoms with Crippen LogP contribution in [0.3, 0.4) is 0 Å². The second-order valence-corrected chi connectivity index (χ2v) is 4.00. The van der Waals surface area contributed by atoms with E-state index in [2.05, 4.69) is 10.6 Å². The highest BCUT2D eigenvalue weighted by atomic mass is 35.5. The summed E-state index contributed by atoms with van der Waals surface area (Å²) in [5, 5.41) is 5.35. The number of alkyl halides is 2. The number of benzene rings is 1. The van der Waals surface area contributed by atoms with Crippen LogP contribution in [0.1, 0.15) is 0 Å². The van der Waals surface area contributed by atoms with E-state index in [-0.39, 0.29) is 23.6 Å². The maximum absolute atomic E-state index is 11.1. The zero-order chi connectivity index (χ0) is 12.8. The predicted octanol–water partition coefficient (Wildman–Crippen LogP) is 2.69. The molecule has 1 aromatic carbocycles. The van der Waals surface area contributed by atoms with Crippen LogP contribution < -0.4 is 10.6 Å². The number of rotatable bonds is 4. The van der Waals surface area contributed by atoms with Crippen molar-refractivity contribution in [2.45, 2.75) is 0 Å². The molecule has 0 aliphatic rings. The topological polar surface area (TPSA) is 58.2 Å². The smallest absolute Gasteiger partial charge is 0.239 e. The van der Waals surface area contributed by atoms with Crippen LogP contribution in [0, 0.1) is 0 Å². The highest BCUT2D eigenvalue weighted by Gasteiger charge is 2.07. The van der Waals surface area contributed by atoms with Gasteiger partial charge in [-0.3, -0.25) is 9.59 Å². The van der Waals surface area contributed by atoms with Crippen LogP contribution in [0.25, 0.3) is 0 Å².